The quantitative estimate of drug-likeness (QED) is 0.741. The molecule has 0 radical (unpaired) electrons. The van der Waals surface area contributed by atoms with Crippen LogP contribution in [0.25, 0.3) is 0 Å². The fraction of sp³-hybridized carbons (Fsp3) is 1.00. The Morgan fingerprint density at radius 1 is 1.19 bits per heavy atom. The maximum atomic E-state index is 5.30. The zero-order chi connectivity index (χ0) is 11.5. The molecule has 0 aromatic rings. The van der Waals surface area contributed by atoms with Crippen LogP contribution >= 0.6 is 11.8 Å². The number of ether oxygens (including phenoxy) is 1. The molecule has 94 valence electrons. The highest BCUT2D eigenvalue weighted by atomic mass is 32.2. The van der Waals surface area contributed by atoms with Gasteiger partial charge in [-0.15, -0.1) is 0 Å². The number of hydrogen-bond acceptors (Lipinski definition) is 2. The van der Waals surface area contributed by atoms with Crippen LogP contribution in [0.1, 0.15) is 40.0 Å². The second kappa shape index (κ2) is 5.77. The number of rotatable bonds is 4. The van der Waals surface area contributed by atoms with Crippen LogP contribution in [0.3, 0.4) is 0 Å². The lowest BCUT2D eigenvalue weighted by Crippen LogP contribution is -2.35. The predicted molar refractivity (Wildman–Crippen MR) is 71.9 cm³/mol. The van der Waals surface area contributed by atoms with Gasteiger partial charge in [-0.3, -0.25) is 0 Å². The molecule has 2 heteroatoms. The Labute approximate surface area is 105 Å². The van der Waals surface area contributed by atoms with E-state index in [1.165, 1.54) is 25.0 Å². The Kier molecular flexibility index (Phi) is 4.60. The summed E-state index contributed by atoms with van der Waals surface area (Å²) in [5, 5.41) is 0.928. The van der Waals surface area contributed by atoms with Crippen molar-refractivity contribution in [3.05, 3.63) is 0 Å². The first-order chi connectivity index (χ1) is 7.66. The Hall–Kier alpha value is 0.310. The first-order valence-electron chi connectivity index (χ1n) is 6.86. The van der Waals surface area contributed by atoms with Gasteiger partial charge >= 0.3 is 0 Å². The van der Waals surface area contributed by atoms with Crippen molar-refractivity contribution in [1.82, 2.24) is 0 Å². The van der Waals surface area contributed by atoms with E-state index in [0.29, 0.717) is 0 Å². The Balaban J connectivity index is 1.75. The van der Waals surface area contributed by atoms with E-state index >= 15 is 0 Å². The summed E-state index contributed by atoms with van der Waals surface area (Å²) >= 11 is 2.22. The summed E-state index contributed by atoms with van der Waals surface area (Å²) in [5.41, 5.74) is 0. The molecular formula is C14H26OS. The SMILES string of the molecule is CC(C)C1CCSC(CC(C)C2COC2)C1. The number of thioether (sulfide) groups is 1. The minimum absolute atomic E-state index is 0.861. The minimum atomic E-state index is 0.861. The molecule has 16 heavy (non-hydrogen) atoms. The third-order valence-corrected chi connectivity index (χ3v) is 5.78. The van der Waals surface area contributed by atoms with E-state index in [9.17, 15) is 0 Å². The van der Waals surface area contributed by atoms with Gasteiger partial charge in [0, 0.05) is 11.2 Å². The van der Waals surface area contributed by atoms with Gasteiger partial charge in [0.1, 0.15) is 0 Å². The van der Waals surface area contributed by atoms with Gasteiger partial charge in [0.25, 0.3) is 0 Å². The average molecular weight is 242 g/mol. The van der Waals surface area contributed by atoms with Gasteiger partial charge < -0.3 is 4.74 Å². The highest BCUT2D eigenvalue weighted by Crippen LogP contribution is 2.38. The van der Waals surface area contributed by atoms with E-state index in [4.69, 9.17) is 4.74 Å². The van der Waals surface area contributed by atoms with Crippen LogP contribution in [0.15, 0.2) is 0 Å². The first kappa shape index (κ1) is 12.8. The third kappa shape index (κ3) is 3.16. The van der Waals surface area contributed by atoms with Crippen molar-refractivity contribution in [2.75, 3.05) is 19.0 Å². The Morgan fingerprint density at radius 2 is 1.94 bits per heavy atom. The summed E-state index contributed by atoms with van der Waals surface area (Å²) in [6.45, 7) is 9.24. The lowest BCUT2D eigenvalue weighted by atomic mass is 9.83. The van der Waals surface area contributed by atoms with E-state index in [1.54, 1.807) is 0 Å². The van der Waals surface area contributed by atoms with E-state index in [2.05, 4.69) is 32.5 Å². The van der Waals surface area contributed by atoms with Crippen LogP contribution in [0, 0.1) is 23.7 Å². The molecule has 2 aliphatic heterocycles. The van der Waals surface area contributed by atoms with Crippen LogP contribution in [0.5, 0.6) is 0 Å². The van der Waals surface area contributed by atoms with Crippen LogP contribution in [0.4, 0.5) is 0 Å². The van der Waals surface area contributed by atoms with E-state index in [1.807, 2.05) is 0 Å². The monoisotopic (exact) mass is 242 g/mol. The molecule has 2 aliphatic rings. The van der Waals surface area contributed by atoms with Gasteiger partial charge in [-0.2, -0.15) is 11.8 Å². The van der Waals surface area contributed by atoms with Crippen LogP contribution in [0.2, 0.25) is 0 Å². The summed E-state index contributed by atoms with van der Waals surface area (Å²) in [6, 6.07) is 0. The molecule has 0 amide bonds. The first-order valence-corrected chi connectivity index (χ1v) is 7.91. The van der Waals surface area contributed by atoms with E-state index < -0.39 is 0 Å². The summed E-state index contributed by atoms with van der Waals surface area (Å²) in [7, 11) is 0. The van der Waals surface area contributed by atoms with Gasteiger partial charge in [0.15, 0.2) is 0 Å². The lowest BCUT2D eigenvalue weighted by Gasteiger charge is -2.36. The van der Waals surface area contributed by atoms with Gasteiger partial charge in [-0.25, -0.2) is 0 Å². The highest BCUT2D eigenvalue weighted by Gasteiger charge is 2.30. The van der Waals surface area contributed by atoms with Crippen LogP contribution in [-0.2, 0) is 4.74 Å². The molecular weight excluding hydrogens is 216 g/mol. The average Bonchev–Trinajstić information content (AvgIpc) is 2.15. The summed E-state index contributed by atoms with van der Waals surface area (Å²) < 4.78 is 5.30. The fourth-order valence-corrected chi connectivity index (χ4v) is 4.46. The van der Waals surface area contributed by atoms with Crippen molar-refractivity contribution in [2.45, 2.75) is 45.3 Å². The predicted octanol–water partition coefficient (Wildman–Crippen LogP) is 3.83. The molecule has 2 rings (SSSR count). The molecule has 1 nitrogen and oxygen atoms in total. The standard InChI is InChI=1S/C14H26OS/c1-10(2)12-4-5-16-14(7-12)6-11(3)13-8-15-9-13/h10-14H,4-9H2,1-3H3. The van der Waals surface area contributed by atoms with Crippen molar-refractivity contribution >= 4 is 11.8 Å². The summed E-state index contributed by atoms with van der Waals surface area (Å²) in [4.78, 5) is 0. The zero-order valence-corrected chi connectivity index (χ0v) is 11.8. The largest absolute Gasteiger partial charge is 0.381 e. The zero-order valence-electron chi connectivity index (χ0n) is 10.9. The van der Waals surface area contributed by atoms with Crippen molar-refractivity contribution in [1.29, 1.82) is 0 Å². The molecule has 0 N–H and O–H groups in total. The van der Waals surface area contributed by atoms with Crippen molar-refractivity contribution in [3.8, 4) is 0 Å². The van der Waals surface area contributed by atoms with Gasteiger partial charge in [-0.05, 0) is 42.8 Å². The second-order valence-corrected chi connectivity index (χ2v) is 7.44. The Bertz CT molecular complexity index is 213. The molecule has 0 spiro atoms. The van der Waals surface area contributed by atoms with Gasteiger partial charge in [0.2, 0.25) is 0 Å². The maximum Gasteiger partial charge on any atom is 0.0519 e. The fourth-order valence-electron chi connectivity index (χ4n) is 2.87. The smallest absolute Gasteiger partial charge is 0.0519 e. The topological polar surface area (TPSA) is 9.23 Å². The van der Waals surface area contributed by atoms with Gasteiger partial charge in [-0.1, -0.05) is 20.8 Å². The van der Waals surface area contributed by atoms with E-state index in [0.717, 1.165) is 42.1 Å². The molecule has 3 unspecified atom stereocenters. The molecule has 2 heterocycles. The Morgan fingerprint density at radius 3 is 2.50 bits per heavy atom. The molecule has 0 aromatic heterocycles. The third-order valence-electron chi connectivity index (χ3n) is 4.45. The maximum absolute atomic E-state index is 5.30. The summed E-state index contributed by atoms with van der Waals surface area (Å²) in [6.07, 6.45) is 4.32. The molecule has 3 atom stereocenters. The van der Waals surface area contributed by atoms with E-state index in [-0.39, 0.29) is 0 Å². The minimum Gasteiger partial charge on any atom is -0.381 e. The summed E-state index contributed by atoms with van der Waals surface area (Å²) in [5.74, 6) is 4.99. The second-order valence-electron chi connectivity index (χ2n) is 6.03. The normalized spacial score (nSPS) is 33.8. The molecule has 2 fully saturated rings. The number of hydrogen-bond donors (Lipinski definition) is 0. The molecule has 0 bridgehead atoms. The van der Waals surface area contributed by atoms with Crippen molar-refractivity contribution < 1.29 is 4.74 Å². The molecule has 2 saturated heterocycles. The molecule has 0 aromatic carbocycles. The van der Waals surface area contributed by atoms with Crippen LogP contribution < -0.4 is 0 Å². The van der Waals surface area contributed by atoms with Crippen LogP contribution in [-0.4, -0.2) is 24.2 Å². The highest BCUT2D eigenvalue weighted by molar-refractivity contribution is 7.99. The molecule has 0 aliphatic carbocycles. The van der Waals surface area contributed by atoms with Crippen molar-refractivity contribution in [2.24, 2.45) is 23.7 Å². The lowest BCUT2D eigenvalue weighted by molar-refractivity contribution is -0.0587. The van der Waals surface area contributed by atoms with Crippen molar-refractivity contribution in [3.63, 3.8) is 0 Å². The molecule has 0 saturated carbocycles. The van der Waals surface area contributed by atoms with Gasteiger partial charge in [0.05, 0.1) is 13.2 Å².